The highest BCUT2D eigenvalue weighted by Crippen LogP contribution is 2.31. The van der Waals surface area contributed by atoms with Crippen molar-refractivity contribution in [1.29, 1.82) is 0 Å². The standard InChI is InChI=1S/C11H13NO2S/c1-6-4-5-9(14-6)10-8(3)15-11(12-10)7(2)13/h4-5,7,13H,1-3H3. The van der Waals surface area contributed by atoms with Crippen LogP contribution in [0.25, 0.3) is 11.5 Å². The minimum atomic E-state index is -0.515. The lowest BCUT2D eigenvalue weighted by atomic mass is 10.3. The van der Waals surface area contributed by atoms with E-state index >= 15 is 0 Å². The molecule has 0 spiro atoms. The van der Waals surface area contributed by atoms with Gasteiger partial charge in [-0.05, 0) is 32.9 Å². The summed E-state index contributed by atoms with van der Waals surface area (Å²) in [5.74, 6) is 1.64. The molecule has 0 saturated heterocycles. The third kappa shape index (κ3) is 1.96. The smallest absolute Gasteiger partial charge is 0.153 e. The molecule has 2 aromatic rings. The van der Waals surface area contributed by atoms with Crippen LogP contribution in [0.5, 0.6) is 0 Å². The number of hydrogen-bond acceptors (Lipinski definition) is 4. The zero-order chi connectivity index (χ0) is 11.0. The van der Waals surface area contributed by atoms with E-state index in [-0.39, 0.29) is 0 Å². The molecule has 0 fully saturated rings. The van der Waals surface area contributed by atoms with Gasteiger partial charge in [-0.15, -0.1) is 11.3 Å². The van der Waals surface area contributed by atoms with E-state index in [0.29, 0.717) is 0 Å². The third-order valence-electron chi connectivity index (χ3n) is 2.14. The summed E-state index contributed by atoms with van der Waals surface area (Å²) in [6.45, 7) is 5.60. The highest BCUT2D eigenvalue weighted by atomic mass is 32.1. The van der Waals surface area contributed by atoms with E-state index in [1.165, 1.54) is 11.3 Å². The molecule has 15 heavy (non-hydrogen) atoms. The van der Waals surface area contributed by atoms with Gasteiger partial charge < -0.3 is 9.52 Å². The van der Waals surface area contributed by atoms with Crippen molar-refractivity contribution in [3.63, 3.8) is 0 Å². The van der Waals surface area contributed by atoms with Gasteiger partial charge in [0.2, 0.25) is 0 Å². The number of aromatic nitrogens is 1. The molecule has 4 heteroatoms. The van der Waals surface area contributed by atoms with E-state index < -0.39 is 6.10 Å². The summed E-state index contributed by atoms with van der Waals surface area (Å²) in [6, 6.07) is 3.82. The number of aliphatic hydroxyl groups excluding tert-OH is 1. The molecule has 0 aliphatic heterocycles. The summed E-state index contributed by atoms with van der Waals surface area (Å²) in [5.41, 5.74) is 0.837. The van der Waals surface area contributed by atoms with E-state index in [1.807, 2.05) is 26.0 Å². The molecular weight excluding hydrogens is 210 g/mol. The topological polar surface area (TPSA) is 46.3 Å². The van der Waals surface area contributed by atoms with Gasteiger partial charge >= 0.3 is 0 Å². The second-order valence-electron chi connectivity index (χ2n) is 3.54. The Balaban J connectivity index is 2.44. The number of furan rings is 1. The van der Waals surface area contributed by atoms with Crippen LogP contribution in [-0.4, -0.2) is 10.1 Å². The lowest BCUT2D eigenvalue weighted by Crippen LogP contribution is -1.88. The average Bonchev–Trinajstić information content (AvgIpc) is 2.71. The van der Waals surface area contributed by atoms with Crippen molar-refractivity contribution in [3.8, 4) is 11.5 Å². The summed E-state index contributed by atoms with van der Waals surface area (Å²) in [5, 5.41) is 10.2. The molecule has 0 amide bonds. The molecule has 0 aliphatic carbocycles. The first-order valence-electron chi connectivity index (χ1n) is 4.80. The van der Waals surface area contributed by atoms with Gasteiger partial charge in [0.15, 0.2) is 5.76 Å². The molecule has 3 nitrogen and oxygen atoms in total. The minimum Gasteiger partial charge on any atom is -0.460 e. The Morgan fingerprint density at radius 3 is 2.60 bits per heavy atom. The van der Waals surface area contributed by atoms with Gasteiger partial charge in [-0.25, -0.2) is 4.98 Å². The van der Waals surface area contributed by atoms with Gasteiger partial charge in [-0.1, -0.05) is 0 Å². The summed E-state index contributed by atoms with van der Waals surface area (Å²) in [4.78, 5) is 5.44. The van der Waals surface area contributed by atoms with Gasteiger partial charge in [0, 0.05) is 4.88 Å². The van der Waals surface area contributed by atoms with Crippen LogP contribution in [0.15, 0.2) is 16.5 Å². The number of hydrogen-bond donors (Lipinski definition) is 1. The number of aryl methyl sites for hydroxylation is 2. The average molecular weight is 223 g/mol. The molecule has 0 aliphatic rings. The maximum Gasteiger partial charge on any atom is 0.153 e. The van der Waals surface area contributed by atoms with Crippen molar-refractivity contribution in [1.82, 2.24) is 4.98 Å². The Morgan fingerprint density at radius 1 is 1.40 bits per heavy atom. The molecule has 0 bridgehead atoms. The third-order valence-corrected chi connectivity index (χ3v) is 3.29. The van der Waals surface area contributed by atoms with Crippen molar-refractivity contribution < 1.29 is 9.52 Å². The van der Waals surface area contributed by atoms with Gasteiger partial charge in [-0.2, -0.15) is 0 Å². The maximum atomic E-state index is 9.43. The second kappa shape index (κ2) is 3.79. The van der Waals surface area contributed by atoms with E-state index in [0.717, 1.165) is 27.1 Å². The minimum absolute atomic E-state index is 0.515. The Hall–Kier alpha value is -1.13. The van der Waals surface area contributed by atoms with Gasteiger partial charge in [-0.3, -0.25) is 0 Å². The summed E-state index contributed by atoms with van der Waals surface area (Å²) < 4.78 is 5.51. The first-order chi connectivity index (χ1) is 7.08. The summed E-state index contributed by atoms with van der Waals surface area (Å²) >= 11 is 1.51. The van der Waals surface area contributed by atoms with Crippen molar-refractivity contribution in [2.45, 2.75) is 26.9 Å². The van der Waals surface area contributed by atoms with Crippen LogP contribution in [0.1, 0.15) is 28.7 Å². The SMILES string of the molecule is Cc1ccc(-c2nc(C(C)O)sc2C)o1. The van der Waals surface area contributed by atoms with Gasteiger partial charge in [0.05, 0.1) is 0 Å². The largest absolute Gasteiger partial charge is 0.460 e. The lowest BCUT2D eigenvalue weighted by molar-refractivity contribution is 0.199. The monoisotopic (exact) mass is 223 g/mol. The fourth-order valence-electron chi connectivity index (χ4n) is 1.39. The Labute approximate surface area is 92.4 Å². The fourth-order valence-corrected chi connectivity index (χ4v) is 2.25. The Bertz CT molecular complexity index is 471. The Kier molecular flexibility index (Phi) is 2.63. The second-order valence-corrected chi connectivity index (χ2v) is 4.78. The van der Waals surface area contributed by atoms with Crippen LogP contribution in [0, 0.1) is 13.8 Å². The molecule has 2 aromatic heterocycles. The zero-order valence-corrected chi connectivity index (χ0v) is 9.76. The van der Waals surface area contributed by atoms with Crippen LogP contribution in [0.4, 0.5) is 0 Å². The molecule has 1 atom stereocenters. The molecule has 1 unspecified atom stereocenters. The summed E-state index contributed by atoms with van der Waals surface area (Å²) in [6.07, 6.45) is -0.515. The normalized spacial score (nSPS) is 13.1. The van der Waals surface area contributed by atoms with E-state index in [9.17, 15) is 5.11 Å². The predicted octanol–water partition coefficient (Wildman–Crippen LogP) is 3.07. The number of nitrogens with zero attached hydrogens (tertiary/aromatic N) is 1. The quantitative estimate of drug-likeness (QED) is 0.851. The molecule has 0 aromatic carbocycles. The predicted molar refractivity (Wildman–Crippen MR) is 59.9 cm³/mol. The van der Waals surface area contributed by atoms with Crippen LogP contribution >= 0.6 is 11.3 Å². The molecule has 0 radical (unpaired) electrons. The molecular formula is C11H13NO2S. The number of rotatable bonds is 2. The van der Waals surface area contributed by atoms with E-state index in [1.54, 1.807) is 6.92 Å². The van der Waals surface area contributed by atoms with Crippen LogP contribution in [0.2, 0.25) is 0 Å². The van der Waals surface area contributed by atoms with Gasteiger partial charge in [0.1, 0.15) is 22.6 Å². The van der Waals surface area contributed by atoms with E-state index in [2.05, 4.69) is 4.98 Å². The Morgan fingerprint density at radius 2 is 2.13 bits per heavy atom. The first kappa shape index (κ1) is 10.4. The fraction of sp³-hybridized carbons (Fsp3) is 0.364. The summed E-state index contributed by atoms with van der Waals surface area (Å²) in [7, 11) is 0. The molecule has 1 N–H and O–H groups in total. The van der Waals surface area contributed by atoms with Crippen molar-refractivity contribution in [2.24, 2.45) is 0 Å². The molecule has 2 heterocycles. The van der Waals surface area contributed by atoms with Crippen LogP contribution < -0.4 is 0 Å². The van der Waals surface area contributed by atoms with Crippen LogP contribution in [-0.2, 0) is 0 Å². The number of aliphatic hydroxyl groups is 1. The van der Waals surface area contributed by atoms with Crippen molar-refractivity contribution in [3.05, 3.63) is 27.8 Å². The van der Waals surface area contributed by atoms with Crippen molar-refractivity contribution in [2.75, 3.05) is 0 Å². The van der Waals surface area contributed by atoms with Gasteiger partial charge in [0.25, 0.3) is 0 Å². The molecule has 0 saturated carbocycles. The first-order valence-corrected chi connectivity index (χ1v) is 5.62. The van der Waals surface area contributed by atoms with Crippen LogP contribution in [0.3, 0.4) is 0 Å². The number of thiazole rings is 1. The van der Waals surface area contributed by atoms with Crippen molar-refractivity contribution >= 4 is 11.3 Å². The highest BCUT2D eigenvalue weighted by molar-refractivity contribution is 7.12. The zero-order valence-electron chi connectivity index (χ0n) is 8.94. The molecule has 2 rings (SSSR count). The molecule has 80 valence electrons. The maximum absolute atomic E-state index is 9.43. The van der Waals surface area contributed by atoms with E-state index in [4.69, 9.17) is 4.42 Å². The lowest BCUT2D eigenvalue weighted by Gasteiger charge is -1.95. The highest BCUT2D eigenvalue weighted by Gasteiger charge is 2.14.